The van der Waals surface area contributed by atoms with Gasteiger partial charge in [-0.25, -0.2) is 0 Å². The fraction of sp³-hybridized carbons (Fsp3) is 1.00. The van der Waals surface area contributed by atoms with Crippen LogP contribution in [0.15, 0.2) is 0 Å². The lowest BCUT2D eigenvalue weighted by Crippen LogP contribution is -2.08. The average Bonchev–Trinajstić information content (AvgIpc) is 2.71. The van der Waals surface area contributed by atoms with Crippen LogP contribution < -0.4 is 0 Å². The molecule has 0 N–H and O–H groups in total. The van der Waals surface area contributed by atoms with E-state index in [-0.39, 0.29) is 0 Å². The second-order valence-corrected chi connectivity index (χ2v) is 7.56. The molecular formula is C5H8S4. The molecular weight excluding hydrogens is 188 g/mol. The van der Waals surface area contributed by atoms with Gasteiger partial charge < -0.3 is 0 Å². The molecule has 2 heterocycles. The molecule has 0 aromatic rings. The minimum Gasteiger partial charge on any atom is -0.154 e. The van der Waals surface area contributed by atoms with E-state index in [1.165, 1.54) is 15.9 Å². The monoisotopic (exact) mass is 196 g/mol. The molecule has 2 saturated heterocycles. The zero-order chi connectivity index (χ0) is 6.10. The predicted molar refractivity (Wildman–Crippen MR) is 52.5 cm³/mol. The van der Waals surface area contributed by atoms with Crippen LogP contribution in [0.1, 0.15) is 0 Å². The Kier molecular flexibility index (Phi) is 2.51. The molecule has 0 aromatic heterocycles. The topological polar surface area (TPSA) is 0 Å². The van der Waals surface area contributed by atoms with Gasteiger partial charge in [-0.1, -0.05) is 0 Å². The Hall–Kier alpha value is 1.40. The van der Waals surface area contributed by atoms with Gasteiger partial charge in [0.15, 0.2) is 0 Å². The Morgan fingerprint density at radius 3 is 2.22 bits per heavy atom. The molecule has 2 rings (SSSR count). The van der Waals surface area contributed by atoms with Crippen LogP contribution in [0, 0.1) is 0 Å². The molecule has 2 aliphatic rings. The second-order valence-electron chi connectivity index (χ2n) is 2.01. The molecule has 0 bridgehead atoms. The number of thioether (sulfide) groups is 4. The lowest BCUT2D eigenvalue weighted by Gasteiger charge is -2.18. The van der Waals surface area contributed by atoms with Gasteiger partial charge in [0.25, 0.3) is 0 Å². The quantitative estimate of drug-likeness (QED) is 0.591. The van der Waals surface area contributed by atoms with Gasteiger partial charge in [-0.2, -0.15) is 11.8 Å². The van der Waals surface area contributed by atoms with Gasteiger partial charge in [0, 0.05) is 21.2 Å². The Bertz CT molecular complexity index is 95.1. The van der Waals surface area contributed by atoms with Crippen molar-refractivity contribution >= 4 is 47.0 Å². The summed E-state index contributed by atoms with van der Waals surface area (Å²) >= 11 is 8.46. The van der Waals surface area contributed by atoms with Gasteiger partial charge in [0.1, 0.15) is 0 Å². The summed E-state index contributed by atoms with van der Waals surface area (Å²) in [7, 11) is 0. The highest BCUT2D eigenvalue weighted by Gasteiger charge is 2.34. The van der Waals surface area contributed by atoms with E-state index in [4.69, 9.17) is 0 Å². The molecule has 2 fully saturated rings. The van der Waals surface area contributed by atoms with Gasteiger partial charge in [-0.3, -0.25) is 0 Å². The van der Waals surface area contributed by atoms with E-state index in [0.29, 0.717) is 0 Å². The standard InChI is InChI=1S/C5H8S4/c1-4(7-1)5-8-2-6-3-9-5/h4-5H,1-3H2. The summed E-state index contributed by atoms with van der Waals surface area (Å²) in [5.41, 5.74) is 0. The second kappa shape index (κ2) is 3.20. The summed E-state index contributed by atoms with van der Waals surface area (Å²) in [6, 6.07) is 0. The molecule has 0 aliphatic carbocycles. The van der Waals surface area contributed by atoms with Crippen molar-refractivity contribution in [3.05, 3.63) is 0 Å². The highest BCUT2D eigenvalue weighted by atomic mass is 32.3. The fourth-order valence-corrected chi connectivity index (χ4v) is 7.12. The van der Waals surface area contributed by atoms with Gasteiger partial charge in [0.2, 0.25) is 0 Å². The van der Waals surface area contributed by atoms with E-state index in [1.807, 2.05) is 0 Å². The van der Waals surface area contributed by atoms with Crippen molar-refractivity contribution in [1.29, 1.82) is 0 Å². The Labute approximate surface area is 72.7 Å². The zero-order valence-corrected chi connectivity index (χ0v) is 8.18. The van der Waals surface area contributed by atoms with E-state index >= 15 is 0 Å². The molecule has 0 amide bonds. The highest BCUT2D eigenvalue weighted by Crippen LogP contribution is 2.48. The summed E-state index contributed by atoms with van der Waals surface area (Å²) in [6.45, 7) is 0. The lowest BCUT2D eigenvalue weighted by molar-refractivity contribution is 1.21. The number of hydrogen-bond acceptors (Lipinski definition) is 4. The van der Waals surface area contributed by atoms with Crippen molar-refractivity contribution in [3.8, 4) is 0 Å². The maximum absolute atomic E-state index is 2.14. The maximum atomic E-state index is 2.14. The number of hydrogen-bond donors (Lipinski definition) is 0. The summed E-state index contributed by atoms with van der Waals surface area (Å²) in [6.07, 6.45) is 0. The number of rotatable bonds is 1. The Balaban J connectivity index is 1.80. The van der Waals surface area contributed by atoms with Crippen molar-refractivity contribution in [3.63, 3.8) is 0 Å². The van der Waals surface area contributed by atoms with Crippen molar-refractivity contribution in [2.45, 2.75) is 9.83 Å². The third-order valence-corrected chi connectivity index (χ3v) is 7.18. The van der Waals surface area contributed by atoms with Crippen LogP contribution in [-0.2, 0) is 0 Å². The van der Waals surface area contributed by atoms with Crippen LogP contribution in [0.25, 0.3) is 0 Å². The van der Waals surface area contributed by atoms with Gasteiger partial charge in [-0.15, -0.1) is 35.3 Å². The first-order valence-electron chi connectivity index (χ1n) is 2.89. The van der Waals surface area contributed by atoms with E-state index in [9.17, 15) is 0 Å². The Morgan fingerprint density at radius 1 is 1.00 bits per heavy atom. The van der Waals surface area contributed by atoms with Crippen LogP contribution in [0.2, 0.25) is 0 Å². The Morgan fingerprint density at radius 2 is 1.67 bits per heavy atom. The summed E-state index contributed by atoms with van der Waals surface area (Å²) < 4.78 is 0.941. The third kappa shape index (κ3) is 1.91. The lowest BCUT2D eigenvalue weighted by atomic mass is 10.6. The molecule has 4 heteroatoms. The molecule has 0 saturated carbocycles. The molecule has 0 aromatic carbocycles. The van der Waals surface area contributed by atoms with Crippen LogP contribution >= 0.6 is 47.0 Å². The van der Waals surface area contributed by atoms with Crippen LogP contribution in [-0.4, -0.2) is 25.8 Å². The van der Waals surface area contributed by atoms with E-state index in [1.54, 1.807) is 0 Å². The van der Waals surface area contributed by atoms with Crippen LogP contribution in [0.3, 0.4) is 0 Å². The first-order valence-corrected chi connectivity index (χ1v) is 7.19. The summed E-state index contributed by atoms with van der Waals surface area (Å²) in [4.78, 5) is 0. The molecule has 9 heavy (non-hydrogen) atoms. The van der Waals surface area contributed by atoms with Crippen molar-refractivity contribution in [2.75, 3.05) is 15.9 Å². The zero-order valence-electron chi connectivity index (χ0n) is 4.91. The molecule has 0 radical (unpaired) electrons. The van der Waals surface area contributed by atoms with Crippen molar-refractivity contribution in [2.24, 2.45) is 0 Å². The molecule has 0 nitrogen and oxygen atoms in total. The molecule has 2 aliphatic heterocycles. The van der Waals surface area contributed by atoms with Crippen molar-refractivity contribution < 1.29 is 0 Å². The largest absolute Gasteiger partial charge is 0.154 e. The van der Waals surface area contributed by atoms with Crippen LogP contribution in [0.4, 0.5) is 0 Å². The first kappa shape index (κ1) is 7.07. The molecule has 1 unspecified atom stereocenters. The van der Waals surface area contributed by atoms with E-state index in [2.05, 4.69) is 47.0 Å². The third-order valence-electron chi connectivity index (χ3n) is 1.29. The van der Waals surface area contributed by atoms with Gasteiger partial charge in [0.05, 0.1) is 4.58 Å². The average molecular weight is 196 g/mol. The SMILES string of the molecule is C1SCSC(C2CS2)S1. The van der Waals surface area contributed by atoms with E-state index in [0.717, 1.165) is 9.83 Å². The molecule has 0 spiro atoms. The first-order chi connectivity index (χ1) is 4.47. The maximum Gasteiger partial charge on any atom is 0.0645 e. The summed E-state index contributed by atoms with van der Waals surface area (Å²) in [5.74, 6) is 1.43. The van der Waals surface area contributed by atoms with Gasteiger partial charge in [-0.05, 0) is 0 Å². The highest BCUT2D eigenvalue weighted by molar-refractivity contribution is 8.33. The predicted octanol–water partition coefficient (Wildman–Crippen LogP) is 2.56. The molecule has 52 valence electrons. The van der Waals surface area contributed by atoms with Crippen LogP contribution in [0.5, 0.6) is 0 Å². The normalized spacial score (nSPS) is 36.7. The minimum absolute atomic E-state index is 0.941. The van der Waals surface area contributed by atoms with E-state index < -0.39 is 0 Å². The van der Waals surface area contributed by atoms with Gasteiger partial charge >= 0.3 is 0 Å². The summed E-state index contributed by atoms with van der Waals surface area (Å²) in [5, 5.41) is 3.67. The fourth-order valence-electron chi connectivity index (χ4n) is 0.740. The molecule has 1 atom stereocenters. The van der Waals surface area contributed by atoms with Crippen molar-refractivity contribution in [1.82, 2.24) is 0 Å². The minimum atomic E-state index is 0.941. The smallest absolute Gasteiger partial charge is 0.0645 e.